The van der Waals surface area contributed by atoms with E-state index in [2.05, 4.69) is 45.9 Å². The van der Waals surface area contributed by atoms with Gasteiger partial charge in [0.25, 0.3) is 0 Å². The number of hydrogen-bond donors (Lipinski definition) is 1. The molecule has 0 radical (unpaired) electrons. The van der Waals surface area contributed by atoms with Crippen LogP contribution < -0.4 is 0 Å². The van der Waals surface area contributed by atoms with Gasteiger partial charge in [-0.25, -0.2) is 0 Å². The van der Waals surface area contributed by atoms with Crippen LogP contribution in [0.5, 0.6) is 0 Å². The van der Waals surface area contributed by atoms with E-state index in [4.69, 9.17) is 5.11 Å². The number of aryl methyl sites for hydroxylation is 2. The minimum absolute atomic E-state index is 0.116. The number of rotatable bonds is 4. The second-order valence-corrected chi connectivity index (χ2v) is 5.49. The molecule has 0 saturated heterocycles. The fraction of sp³-hybridized carbons (Fsp3) is 0.533. The maximum Gasteiger partial charge on any atom is 0.303 e. The Balaban J connectivity index is 3.01. The number of aliphatic carboxylic acids is 1. The number of carbonyl (C=O) groups is 1. The van der Waals surface area contributed by atoms with Gasteiger partial charge < -0.3 is 5.11 Å². The van der Waals surface area contributed by atoms with Gasteiger partial charge in [-0.15, -0.1) is 0 Å². The maximum absolute atomic E-state index is 10.6. The van der Waals surface area contributed by atoms with Crippen molar-refractivity contribution in [2.24, 2.45) is 0 Å². The quantitative estimate of drug-likeness (QED) is 0.864. The van der Waals surface area contributed by atoms with Gasteiger partial charge in [-0.1, -0.05) is 45.9 Å². The van der Waals surface area contributed by atoms with Gasteiger partial charge >= 0.3 is 5.97 Å². The fourth-order valence-corrected chi connectivity index (χ4v) is 2.04. The van der Waals surface area contributed by atoms with Crippen molar-refractivity contribution in [3.8, 4) is 0 Å². The highest BCUT2D eigenvalue weighted by molar-refractivity contribution is 5.67. The lowest BCUT2D eigenvalue weighted by molar-refractivity contribution is -0.136. The Morgan fingerprint density at radius 1 is 1.29 bits per heavy atom. The van der Waals surface area contributed by atoms with Gasteiger partial charge in [0, 0.05) is 6.42 Å². The van der Waals surface area contributed by atoms with Crippen molar-refractivity contribution >= 4 is 5.97 Å². The monoisotopic (exact) mass is 234 g/mol. The van der Waals surface area contributed by atoms with E-state index in [0.717, 1.165) is 12.0 Å². The van der Waals surface area contributed by atoms with Crippen molar-refractivity contribution in [1.82, 2.24) is 0 Å². The fourth-order valence-electron chi connectivity index (χ4n) is 2.04. The first-order chi connectivity index (χ1) is 7.84. The van der Waals surface area contributed by atoms with Crippen molar-refractivity contribution in [2.45, 2.75) is 52.4 Å². The van der Waals surface area contributed by atoms with Crippen molar-refractivity contribution in [2.75, 3.05) is 0 Å². The highest BCUT2D eigenvalue weighted by Crippen LogP contribution is 2.27. The van der Waals surface area contributed by atoms with Crippen LogP contribution in [-0.2, 0) is 23.1 Å². The summed E-state index contributed by atoms with van der Waals surface area (Å²) in [6.45, 7) is 8.74. The molecule has 2 nitrogen and oxygen atoms in total. The zero-order valence-electron chi connectivity index (χ0n) is 11.2. The third-order valence-electron chi connectivity index (χ3n) is 2.99. The molecular formula is C15H22O2. The molecule has 0 fully saturated rings. The SMILES string of the molecule is CCc1ccc(CCC(=O)O)cc1C(C)(C)C. The van der Waals surface area contributed by atoms with Crippen LogP contribution in [0.1, 0.15) is 50.8 Å². The predicted molar refractivity (Wildman–Crippen MR) is 70.5 cm³/mol. The first-order valence-electron chi connectivity index (χ1n) is 6.18. The zero-order valence-corrected chi connectivity index (χ0v) is 11.2. The summed E-state index contributed by atoms with van der Waals surface area (Å²) in [6.07, 6.45) is 1.84. The predicted octanol–water partition coefficient (Wildman–Crippen LogP) is 3.56. The summed E-state index contributed by atoms with van der Waals surface area (Å²) in [5.41, 5.74) is 3.93. The summed E-state index contributed by atoms with van der Waals surface area (Å²) in [6, 6.07) is 6.36. The van der Waals surface area contributed by atoms with E-state index in [9.17, 15) is 4.79 Å². The molecule has 0 aromatic heterocycles. The van der Waals surface area contributed by atoms with Crippen LogP contribution in [0.2, 0.25) is 0 Å². The third-order valence-corrected chi connectivity index (χ3v) is 2.99. The largest absolute Gasteiger partial charge is 0.481 e. The van der Waals surface area contributed by atoms with Crippen LogP contribution in [-0.4, -0.2) is 11.1 Å². The molecule has 2 heteroatoms. The molecule has 1 N–H and O–H groups in total. The summed E-state index contributed by atoms with van der Waals surface area (Å²) in [5.74, 6) is -0.734. The molecule has 0 aliphatic rings. The van der Waals surface area contributed by atoms with Crippen LogP contribution >= 0.6 is 0 Å². The lowest BCUT2D eigenvalue weighted by Gasteiger charge is -2.23. The van der Waals surface area contributed by atoms with Crippen molar-refractivity contribution in [1.29, 1.82) is 0 Å². The third kappa shape index (κ3) is 3.88. The molecule has 1 rings (SSSR count). The van der Waals surface area contributed by atoms with Gasteiger partial charge in [-0.3, -0.25) is 4.79 Å². The van der Waals surface area contributed by atoms with Crippen LogP contribution in [0.3, 0.4) is 0 Å². The van der Waals surface area contributed by atoms with E-state index >= 15 is 0 Å². The lowest BCUT2D eigenvalue weighted by Crippen LogP contribution is -2.14. The minimum Gasteiger partial charge on any atom is -0.481 e. The van der Waals surface area contributed by atoms with Gasteiger partial charge in [0.1, 0.15) is 0 Å². The van der Waals surface area contributed by atoms with Crippen molar-refractivity contribution in [3.05, 3.63) is 34.9 Å². The van der Waals surface area contributed by atoms with E-state index in [0.29, 0.717) is 6.42 Å². The zero-order chi connectivity index (χ0) is 13.1. The molecule has 0 spiro atoms. The topological polar surface area (TPSA) is 37.3 Å². The molecule has 1 aromatic rings. The van der Waals surface area contributed by atoms with Crippen LogP contribution in [0, 0.1) is 0 Å². The van der Waals surface area contributed by atoms with E-state index < -0.39 is 5.97 Å². The van der Waals surface area contributed by atoms with Crippen molar-refractivity contribution in [3.63, 3.8) is 0 Å². The Morgan fingerprint density at radius 3 is 2.41 bits per heavy atom. The Bertz CT molecular complexity index is 400. The van der Waals surface area contributed by atoms with Crippen molar-refractivity contribution < 1.29 is 9.90 Å². The average Bonchev–Trinajstić information content (AvgIpc) is 2.24. The first kappa shape index (κ1) is 13.8. The summed E-state index contributed by atoms with van der Waals surface area (Å²) in [7, 11) is 0. The molecule has 0 saturated carbocycles. The molecule has 0 amide bonds. The molecule has 1 aromatic carbocycles. The number of hydrogen-bond acceptors (Lipinski definition) is 1. The van der Waals surface area contributed by atoms with E-state index in [-0.39, 0.29) is 11.8 Å². The molecule has 0 aliphatic heterocycles. The summed E-state index contributed by atoms with van der Waals surface area (Å²) in [4.78, 5) is 10.6. The minimum atomic E-state index is -0.734. The molecular weight excluding hydrogens is 212 g/mol. The lowest BCUT2D eigenvalue weighted by atomic mass is 9.82. The number of carboxylic acids is 1. The average molecular weight is 234 g/mol. The normalized spacial score (nSPS) is 11.5. The van der Waals surface area contributed by atoms with E-state index in [1.54, 1.807) is 0 Å². The second-order valence-electron chi connectivity index (χ2n) is 5.49. The molecule has 94 valence electrons. The highest BCUT2D eigenvalue weighted by Gasteiger charge is 2.17. The Labute approximate surface area is 104 Å². The van der Waals surface area contributed by atoms with Gasteiger partial charge in [-0.05, 0) is 34.9 Å². The second kappa shape index (κ2) is 5.35. The molecule has 0 atom stereocenters. The standard InChI is InChI=1S/C15H22O2/c1-5-12-8-6-11(7-9-14(16)17)10-13(12)15(2,3)4/h6,8,10H,5,7,9H2,1-4H3,(H,16,17). The molecule has 0 heterocycles. The Kier molecular flexibility index (Phi) is 4.33. The maximum atomic E-state index is 10.6. The first-order valence-corrected chi connectivity index (χ1v) is 6.18. The number of carboxylic acid groups (broad SMARTS) is 1. The molecule has 0 aliphatic carbocycles. The van der Waals surface area contributed by atoms with Gasteiger partial charge in [0.2, 0.25) is 0 Å². The highest BCUT2D eigenvalue weighted by atomic mass is 16.4. The summed E-state index contributed by atoms with van der Waals surface area (Å²) in [5, 5.41) is 8.70. The smallest absolute Gasteiger partial charge is 0.303 e. The van der Waals surface area contributed by atoms with Crippen LogP contribution in [0.15, 0.2) is 18.2 Å². The van der Waals surface area contributed by atoms with Gasteiger partial charge in [-0.2, -0.15) is 0 Å². The Morgan fingerprint density at radius 2 is 1.94 bits per heavy atom. The van der Waals surface area contributed by atoms with E-state index in [1.165, 1.54) is 11.1 Å². The summed E-state index contributed by atoms with van der Waals surface area (Å²) >= 11 is 0. The molecule has 0 unspecified atom stereocenters. The van der Waals surface area contributed by atoms with Gasteiger partial charge in [0.15, 0.2) is 0 Å². The van der Waals surface area contributed by atoms with Crippen LogP contribution in [0.25, 0.3) is 0 Å². The van der Waals surface area contributed by atoms with E-state index in [1.807, 2.05) is 0 Å². The number of benzene rings is 1. The molecule has 17 heavy (non-hydrogen) atoms. The summed E-state index contributed by atoms with van der Waals surface area (Å²) < 4.78 is 0. The molecule has 0 bridgehead atoms. The Hall–Kier alpha value is -1.31. The van der Waals surface area contributed by atoms with Gasteiger partial charge in [0.05, 0.1) is 0 Å². The van der Waals surface area contributed by atoms with Crippen LogP contribution in [0.4, 0.5) is 0 Å².